The first-order valence-corrected chi connectivity index (χ1v) is 16.9. The molecule has 0 saturated carbocycles. The number of nitrogens with zero attached hydrogens (tertiary/aromatic N) is 2. The van der Waals surface area contributed by atoms with Gasteiger partial charge >= 0.3 is 30.1 Å². The van der Waals surface area contributed by atoms with Crippen molar-refractivity contribution < 1.29 is 61.3 Å². The van der Waals surface area contributed by atoms with Crippen LogP contribution in [0.4, 0.5) is 23.8 Å². The van der Waals surface area contributed by atoms with E-state index in [0.717, 1.165) is 5.82 Å². The van der Waals surface area contributed by atoms with E-state index in [1.54, 1.807) is 68.4 Å². The third-order valence-corrected chi connectivity index (χ3v) is 6.18. The highest BCUT2D eigenvalue weighted by Gasteiger charge is 2.31. The number of aliphatic carboxylic acids is 1. The standard InChI is InChI=1S/C33H55N5O8.C2HF3O2/c1-31(2,3)44-26(39)19-17-24(29(42)46-33(7,8)9)37-30(43)36-23(28(41)45-32(4,5)6)15-13-14-20-34-27(40)22-16-18-25(35-21-22)38(10,11)12;3-2(4,5)1(6)7/h16,18,21,23-24H,13-15,17,19-20H2,1-12H3,(H2-,34,36,37,40,43);(H,6,7). The molecule has 15 nitrogen and oxygen atoms in total. The summed E-state index contributed by atoms with van der Waals surface area (Å²) in [6.45, 7) is 15.8. The van der Waals surface area contributed by atoms with Crippen LogP contribution in [0.1, 0.15) is 105 Å². The van der Waals surface area contributed by atoms with Gasteiger partial charge in [0, 0.05) is 25.2 Å². The Kier molecular flexibility index (Phi) is 18.4. The molecule has 0 spiro atoms. The lowest BCUT2D eigenvalue weighted by Gasteiger charge is -2.27. The molecule has 0 aliphatic carbocycles. The molecule has 0 saturated heterocycles. The molecule has 1 rings (SSSR count). The zero-order chi connectivity index (χ0) is 41.6. The van der Waals surface area contributed by atoms with Gasteiger partial charge in [0.05, 0.1) is 26.7 Å². The van der Waals surface area contributed by atoms with Gasteiger partial charge in [-0.3, -0.25) is 14.1 Å². The molecule has 0 aromatic carbocycles. The van der Waals surface area contributed by atoms with Crippen molar-refractivity contribution in [3.8, 4) is 0 Å². The lowest BCUT2D eigenvalue weighted by atomic mass is 10.1. The van der Waals surface area contributed by atoms with Crippen molar-refractivity contribution in [1.29, 1.82) is 0 Å². The Bertz CT molecular complexity index is 1390. The summed E-state index contributed by atoms with van der Waals surface area (Å²) in [5.41, 5.74) is -1.90. The van der Waals surface area contributed by atoms with Crippen LogP contribution in [0.3, 0.4) is 0 Å². The van der Waals surface area contributed by atoms with Gasteiger partial charge in [-0.2, -0.15) is 13.2 Å². The largest absolute Gasteiger partial charge is 0.542 e. The van der Waals surface area contributed by atoms with Crippen LogP contribution in [0.5, 0.6) is 0 Å². The average molecular weight is 764 g/mol. The van der Waals surface area contributed by atoms with Crippen molar-refractivity contribution in [3.63, 3.8) is 0 Å². The highest BCUT2D eigenvalue weighted by Crippen LogP contribution is 2.16. The van der Waals surface area contributed by atoms with E-state index in [1.807, 2.05) is 27.2 Å². The van der Waals surface area contributed by atoms with E-state index in [1.165, 1.54) is 6.20 Å². The lowest BCUT2D eigenvalue weighted by Crippen LogP contribution is -2.53. The van der Waals surface area contributed by atoms with Gasteiger partial charge in [0.1, 0.15) is 34.9 Å². The fourth-order valence-electron chi connectivity index (χ4n) is 3.95. The maximum absolute atomic E-state index is 13.1. The first kappa shape index (κ1) is 48.5. The maximum Gasteiger partial charge on any atom is 0.430 e. The Labute approximate surface area is 309 Å². The van der Waals surface area contributed by atoms with Crippen LogP contribution in [-0.4, -0.2) is 104 Å². The molecular formula is C35H56F3N5O10. The highest BCUT2D eigenvalue weighted by molar-refractivity contribution is 5.94. The van der Waals surface area contributed by atoms with E-state index in [0.29, 0.717) is 29.4 Å². The van der Waals surface area contributed by atoms with E-state index in [-0.39, 0.29) is 25.2 Å². The molecule has 0 aliphatic rings. The summed E-state index contributed by atoms with van der Waals surface area (Å²) in [6.07, 6.45) is -2.66. The first-order chi connectivity index (χ1) is 23.8. The number of nitrogens with one attached hydrogen (secondary N) is 3. The van der Waals surface area contributed by atoms with Crippen LogP contribution < -0.4 is 25.5 Å². The van der Waals surface area contributed by atoms with Gasteiger partial charge in [0.15, 0.2) is 0 Å². The number of hydrogen-bond acceptors (Lipinski definition) is 11. The normalized spacial score (nSPS) is 13.3. The molecule has 0 radical (unpaired) electrons. The Morgan fingerprint density at radius 2 is 1.21 bits per heavy atom. The number of ether oxygens (including phenoxy) is 3. The van der Waals surface area contributed by atoms with E-state index < -0.39 is 65.0 Å². The number of carboxylic acids is 1. The number of carbonyl (C=O) groups is 6. The number of hydrogen-bond donors (Lipinski definition) is 3. The zero-order valence-corrected chi connectivity index (χ0v) is 32.7. The number of alkyl halides is 3. The number of amides is 3. The van der Waals surface area contributed by atoms with Crippen LogP contribution in [0.15, 0.2) is 18.3 Å². The summed E-state index contributed by atoms with van der Waals surface area (Å²) < 4.78 is 48.4. The predicted octanol–water partition coefficient (Wildman–Crippen LogP) is 3.32. The Morgan fingerprint density at radius 1 is 0.755 bits per heavy atom. The van der Waals surface area contributed by atoms with E-state index in [4.69, 9.17) is 24.1 Å². The number of quaternary nitrogens is 1. The second-order valence-electron chi connectivity index (χ2n) is 15.9. The van der Waals surface area contributed by atoms with Crippen molar-refractivity contribution >= 4 is 41.6 Å². The summed E-state index contributed by atoms with van der Waals surface area (Å²) in [4.78, 5) is 77.0. The topological polar surface area (TPSA) is 202 Å². The molecular weight excluding hydrogens is 707 g/mol. The summed E-state index contributed by atoms with van der Waals surface area (Å²) in [5, 5.41) is 16.8. The second kappa shape index (κ2) is 20.1. The minimum Gasteiger partial charge on any atom is -0.542 e. The monoisotopic (exact) mass is 763 g/mol. The van der Waals surface area contributed by atoms with Crippen LogP contribution in [0.2, 0.25) is 0 Å². The van der Waals surface area contributed by atoms with Gasteiger partial charge in [-0.25, -0.2) is 19.4 Å². The third-order valence-electron chi connectivity index (χ3n) is 6.18. The average Bonchev–Trinajstić information content (AvgIpc) is 2.95. The van der Waals surface area contributed by atoms with Crippen LogP contribution in [0, 0.1) is 0 Å². The lowest BCUT2D eigenvalue weighted by molar-refractivity contribution is -0.344. The molecule has 3 amide bonds. The predicted molar refractivity (Wildman–Crippen MR) is 187 cm³/mol. The molecule has 1 aromatic heterocycles. The number of pyridine rings is 1. The molecule has 1 aromatic rings. The fraction of sp³-hybridized carbons (Fsp3) is 0.686. The molecule has 18 heteroatoms. The smallest absolute Gasteiger partial charge is 0.430 e. The molecule has 53 heavy (non-hydrogen) atoms. The minimum absolute atomic E-state index is 0.0678. The summed E-state index contributed by atoms with van der Waals surface area (Å²) in [7, 11) is 5.95. The Hall–Kier alpha value is -4.48. The van der Waals surface area contributed by atoms with Crippen molar-refractivity contribution in [2.24, 2.45) is 0 Å². The maximum atomic E-state index is 13.1. The van der Waals surface area contributed by atoms with Crippen LogP contribution in [0.25, 0.3) is 0 Å². The molecule has 2 unspecified atom stereocenters. The number of halogens is 3. The number of carbonyl (C=O) groups excluding carboxylic acids is 6. The van der Waals surface area contributed by atoms with Crippen molar-refractivity contribution in [2.45, 2.75) is 129 Å². The number of carboxylic acid groups (broad SMARTS) is 1. The van der Waals surface area contributed by atoms with Crippen LogP contribution >= 0.6 is 0 Å². The molecule has 1 heterocycles. The zero-order valence-electron chi connectivity index (χ0n) is 32.7. The Balaban J connectivity index is 0.00000348. The number of rotatable bonds is 14. The van der Waals surface area contributed by atoms with Crippen molar-refractivity contribution in [2.75, 3.05) is 27.7 Å². The second-order valence-corrected chi connectivity index (χ2v) is 15.9. The van der Waals surface area contributed by atoms with Crippen LogP contribution in [-0.2, 0) is 33.4 Å². The third kappa shape index (κ3) is 22.9. The molecule has 302 valence electrons. The first-order valence-electron chi connectivity index (χ1n) is 16.9. The van der Waals surface area contributed by atoms with Gasteiger partial charge in [0.25, 0.3) is 5.91 Å². The van der Waals surface area contributed by atoms with Gasteiger partial charge < -0.3 is 40.1 Å². The number of unbranched alkanes of at least 4 members (excludes halogenated alkanes) is 1. The summed E-state index contributed by atoms with van der Waals surface area (Å²) in [5.74, 6) is -4.34. The van der Waals surface area contributed by atoms with E-state index in [2.05, 4.69) is 20.9 Å². The minimum atomic E-state index is -5.19. The SMILES string of the molecule is CC(C)(C)OC(=O)CCC(NC(=O)NC(CCCCNC(=O)c1ccc([N+](C)(C)C)nc1)C(=O)OC(C)(C)C)C(=O)OC(C)(C)C.O=C([O-])C(F)(F)F. The van der Waals surface area contributed by atoms with Gasteiger partial charge in [-0.15, -0.1) is 0 Å². The molecule has 0 bridgehead atoms. The van der Waals surface area contributed by atoms with E-state index in [9.17, 15) is 37.1 Å². The van der Waals surface area contributed by atoms with Gasteiger partial charge in [-0.1, -0.05) is 0 Å². The quantitative estimate of drug-likeness (QED) is 0.109. The molecule has 0 fully saturated rings. The summed E-state index contributed by atoms with van der Waals surface area (Å²) >= 11 is 0. The van der Waals surface area contributed by atoms with E-state index >= 15 is 0 Å². The summed E-state index contributed by atoms with van der Waals surface area (Å²) in [6, 6.07) is 0.524. The van der Waals surface area contributed by atoms with Gasteiger partial charge in [-0.05, 0) is 94.1 Å². The molecule has 3 N–H and O–H groups in total. The van der Waals surface area contributed by atoms with Crippen molar-refractivity contribution in [1.82, 2.24) is 25.4 Å². The Morgan fingerprint density at radius 3 is 1.58 bits per heavy atom. The number of urea groups is 1. The highest BCUT2D eigenvalue weighted by atomic mass is 19.4. The fourth-order valence-corrected chi connectivity index (χ4v) is 3.95. The number of aromatic nitrogens is 1. The van der Waals surface area contributed by atoms with Gasteiger partial charge in [0.2, 0.25) is 5.82 Å². The molecule has 0 aliphatic heterocycles. The molecule has 2 atom stereocenters. The van der Waals surface area contributed by atoms with Crippen molar-refractivity contribution in [3.05, 3.63) is 23.9 Å². The number of esters is 3.